The van der Waals surface area contributed by atoms with E-state index in [1.807, 2.05) is 13.8 Å². The lowest BCUT2D eigenvalue weighted by Crippen LogP contribution is -2.42. The van der Waals surface area contributed by atoms with Crippen molar-refractivity contribution < 1.29 is 9.59 Å². The van der Waals surface area contributed by atoms with Crippen LogP contribution in [-0.4, -0.2) is 42.4 Å². The lowest BCUT2D eigenvalue weighted by Gasteiger charge is -2.29. The molecule has 0 spiro atoms. The second-order valence-electron chi connectivity index (χ2n) is 5.88. The van der Waals surface area contributed by atoms with Crippen LogP contribution >= 0.6 is 12.4 Å². The van der Waals surface area contributed by atoms with Crippen molar-refractivity contribution in [3.05, 3.63) is 0 Å². The first-order chi connectivity index (χ1) is 8.90. The molecule has 0 aliphatic heterocycles. The molecule has 1 aliphatic carbocycles. The molecule has 1 fully saturated rings. The zero-order valence-electron chi connectivity index (χ0n) is 12.7. The third kappa shape index (κ3) is 6.57. The van der Waals surface area contributed by atoms with Crippen LogP contribution in [0.1, 0.15) is 46.0 Å². The Hall–Kier alpha value is -0.810. The number of carbonyl (C=O) groups excluding carboxylic acids is 2. The van der Waals surface area contributed by atoms with Gasteiger partial charge in [-0.05, 0) is 32.6 Å². The van der Waals surface area contributed by atoms with Crippen molar-refractivity contribution in [2.75, 3.05) is 13.6 Å². The van der Waals surface area contributed by atoms with Gasteiger partial charge < -0.3 is 16.0 Å². The molecule has 1 rings (SSSR count). The van der Waals surface area contributed by atoms with Crippen molar-refractivity contribution in [2.45, 2.75) is 58.0 Å². The molecule has 2 unspecified atom stereocenters. The van der Waals surface area contributed by atoms with Crippen LogP contribution < -0.4 is 11.1 Å². The van der Waals surface area contributed by atoms with Gasteiger partial charge in [-0.3, -0.25) is 9.59 Å². The normalized spacial score (nSPS) is 22.1. The van der Waals surface area contributed by atoms with Gasteiger partial charge >= 0.3 is 0 Å². The van der Waals surface area contributed by atoms with Gasteiger partial charge in [0.2, 0.25) is 11.8 Å². The van der Waals surface area contributed by atoms with Gasteiger partial charge in [0.05, 0.1) is 6.54 Å². The maximum absolute atomic E-state index is 12.1. The highest BCUT2D eigenvalue weighted by atomic mass is 35.5. The predicted molar refractivity (Wildman–Crippen MR) is 82.7 cm³/mol. The Bertz CT molecular complexity index is 324. The van der Waals surface area contributed by atoms with Crippen molar-refractivity contribution in [2.24, 2.45) is 11.7 Å². The summed E-state index contributed by atoms with van der Waals surface area (Å²) in [5, 5.41) is 2.78. The fraction of sp³-hybridized carbons (Fsp3) is 0.857. The van der Waals surface area contributed by atoms with E-state index in [9.17, 15) is 9.59 Å². The number of nitrogens with two attached hydrogens (primary N) is 1. The zero-order chi connectivity index (χ0) is 14.4. The Kier molecular flexibility index (Phi) is 8.81. The monoisotopic (exact) mass is 305 g/mol. The molecule has 6 heteroatoms. The summed E-state index contributed by atoms with van der Waals surface area (Å²) >= 11 is 0. The average Bonchev–Trinajstić information content (AvgIpc) is 2.30. The van der Waals surface area contributed by atoms with Gasteiger partial charge in [0.25, 0.3) is 0 Å². The Labute approximate surface area is 128 Å². The molecular weight excluding hydrogens is 278 g/mol. The zero-order valence-corrected chi connectivity index (χ0v) is 13.5. The molecular formula is C14H28ClN3O2. The molecule has 2 amide bonds. The van der Waals surface area contributed by atoms with E-state index in [0.29, 0.717) is 6.42 Å². The van der Waals surface area contributed by atoms with Crippen LogP contribution in [0.25, 0.3) is 0 Å². The fourth-order valence-electron chi connectivity index (χ4n) is 2.54. The van der Waals surface area contributed by atoms with E-state index in [4.69, 9.17) is 5.73 Å². The van der Waals surface area contributed by atoms with Crippen LogP contribution in [0.5, 0.6) is 0 Å². The minimum absolute atomic E-state index is 0. The molecule has 5 nitrogen and oxygen atoms in total. The third-order valence-corrected chi connectivity index (χ3v) is 3.66. The highest BCUT2D eigenvalue weighted by Crippen LogP contribution is 2.26. The maximum Gasteiger partial charge on any atom is 0.239 e. The standard InChI is InChI=1S/C14H27N3O2.ClH/c1-10(2)16-13(18)9-17(3)14(19)8-11-6-4-5-7-12(11)15;/h10-12H,4-9,15H2,1-3H3,(H,16,18);1H. The highest BCUT2D eigenvalue weighted by molar-refractivity contribution is 5.85. The molecule has 0 aromatic heterocycles. The molecule has 3 N–H and O–H groups in total. The van der Waals surface area contributed by atoms with E-state index in [0.717, 1.165) is 19.3 Å². The number of hydrogen-bond donors (Lipinski definition) is 2. The Morgan fingerprint density at radius 3 is 2.45 bits per heavy atom. The maximum atomic E-state index is 12.1. The number of halogens is 1. The molecule has 1 aliphatic rings. The summed E-state index contributed by atoms with van der Waals surface area (Å²) in [5.74, 6) is 0.178. The average molecular weight is 306 g/mol. The molecule has 2 atom stereocenters. The largest absolute Gasteiger partial charge is 0.352 e. The van der Waals surface area contributed by atoms with Gasteiger partial charge in [0, 0.05) is 25.6 Å². The quantitative estimate of drug-likeness (QED) is 0.804. The first-order valence-electron chi connectivity index (χ1n) is 7.19. The van der Waals surface area contributed by atoms with Crippen molar-refractivity contribution >= 4 is 24.2 Å². The van der Waals surface area contributed by atoms with Gasteiger partial charge in [-0.25, -0.2) is 0 Å². The Morgan fingerprint density at radius 1 is 1.30 bits per heavy atom. The predicted octanol–water partition coefficient (Wildman–Crippen LogP) is 1.30. The summed E-state index contributed by atoms with van der Waals surface area (Å²) in [6, 6.07) is 0.235. The van der Waals surface area contributed by atoms with E-state index in [1.165, 1.54) is 11.3 Å². The smallest absolute Gasteiger partial charge is 0.239 e. The summed E-state index contributed by atoms with van der Waals surface area (Å²) in [5.41, 5.74) is 6.04. The lowest BCUT2D eigenvalue weighted by atomic mass is 9.83. The van der Waals surface area contributed by atoms with Crippen LogP contribution in [0, 0.1) is 5.92 Å². The number of nitrogens with one attached hydrogen (secondary N) is 1. The number of rotatable bonds is 5. The summed E-state index contributed by atoms with van der Waals surface area (Å²) in [6.07, 6.45) is 4.82. The van der Waals surface area contributed by atoms with Crippen molar-refractivity contribution in [1.82, 2.24) is 10.2 Å². The summed E-state index contributed by atoms with van der Waals surface area (Å²) in [4.78, 5) is 25.2. The van der Waals surface area contributed by atoms with Crippen LogP contribution in [0.15, 0.2) is 0 Å². The van der Waals surface area contributed by atoms with Crippen LogP contribution in [0.3, 0.4) is 0 Å². The Morgan fingerprint density at radius 2 is 1.90 bits per heavy atom. The van der Waals surface area contributed by atoms with E-state index in [2.05, 4.69) is 5.32 Å². The third-order valence-electron chi connectivity index (χ3n) is 3.66. The van der Waals surface area contributed by atoms with Crippen LogP contribution in [0.2, 0.25) is 0 Å². The number of likely N-dealkylation sites (N-methyl/N-ethyl adjacent to an activating group) is 1. The molecule has 0 bridgehead atoms. The number of carbonyl (C=O) groups is 2. The van der Waals surface area contributed by atoms with Gasteiger partial charge in [0.1, 0.15) is 0 Å². The van der Waals surface area contributed by atoms with E-state index in [-0.39, 0.29) is 48.8 Å². The Balaban J connectivity index is 0.00000361. The molecule has 0 heterocycles. The van der Waals surface area contributed by atoms with Gasteiger partial charge in [-0.1, -0.05) is 12.8 Å². The van der Waals surface area contributed by atoms with Crippen molar-refractivity contribution in [3.63, 3.8) is 0 Å². The van der Waals surface area contributed by atoms with Gasteiger partial charge in [0.15, 0.2) is 0 Å². The molecule has 0 saturated heterocycles. The second-order valence-corrected chi connectivity index (χ2v) is 5.88. The number of hydrogen-bond acceptors (Lipinski definition) is 3. The number of amides is 2. The van der Waals surface area contributed by atoms with Crippen molar-refractivity contribution in [1.29, 1.82) is 0 Å². The van der Waals surface area contributed by atoms with E-state index < -0.39 is 0 Å². The van der Waals surface area contributed by atoms with E-state index >= 15 is 0 Å². The molecule has 20 heavy (non-hydrogen) atoms. The van der Waals surface area contributed by atoms with Crippen LogP contribution in [-0.2, 0) is 9.59 Å². The molecule has 0 aromatic carbocycles. The highest BCUT2D eigenvalue weighted by Gasteiger charge is 2.25. The van der Waals surface area contributed by atoms with Gasteiger partial charge in [-0.2, -0.15) is 0 Å². The first-order valence-corrected chi connectivity index (χ1v) is 7.19. The molecule has 118 valence electrons. The fourth-order valence-corrected chi connectivity index (χ4v) is 2.54. The first kappa shape index (κ1) is 19.2. The summed E-state index contributed by atoms with van der Waals surface area (Å²) < 4.78 is 0. The lowest BCUT2D eigenvalue weighted by molar-refractivity contribution is -0.135. The van der Waals surface area contributed by atoms with E-state index in [1.54, 1.807) is 7.05 Å². The molecule has 0 aromatic rings. The minimum Gasteiger partial charge on any atom is -0.352 e. The number of nitrogens with zero attached hydrogens (tertiary/aromatic N) is 1. The summed E-state index contributed by atoms with van der Waals surface area (Å²) in [6.45, 7) is 3.93. The van der Waals surface area contributed by atoms with Crippen LogP contribution in [0.4, 0.5) is 0 Å². The topological polar surface area (TPSA) is 75.4 Å². The van der Waals surface area contributed by atoms with Crippen molar-refractivity contribution in [3.8, 4) is 0 Å². The summed E-state index contributed by atoms with van der Waals surface area (Å²) in [7, 11) is 1.68. The van der Waals surface area contributed by atoms with Gasteiger partial charge in [-0.15, -0.1) is 12.4 Å². The molecule has 0 radical (unpaired) electrons. The molecule has 1 saturated carbocycles. The SMILES string of the molecule is CC(C)NC(=O)CN(C)C(=O)CC1CCCCC1N.Cl. The second kappa shape index (κ2) is 9.19. The minimum atomic E-state index is -0.112.